The number of fused-ring (bicyclic) bond motifs is 2. The number of imidazole rings is 1. The Kier molecular flexibility index (Phi) is 6.52. The zero-order chi connectivity index (χ0) is 27.1. The highest BCUT2D eigenvalue weighted by Gasteiger charge is 2.17. The molecule has 0 radical (unpaired) electrons. The standard InChI is InChI=1S/C30H32N6O3/c1-5-20-14-21(15-25-29(20)32-19(4)36(25)18(2)3)24-8-9-31-30(34-24)33-22-6-7-23-26(37)17-28(39-27(23)16-22)35-10-12-38-13-11-35/h6-9,14-18H,5,10-13H2,1-4H3,(H,31,33,34). The molecule has 1 N–H and O–H groups in total. The number of aryl methyl sites for hydroxylation is 2. The van der Waals surface area contributed by atoms with Gasteiger partial charge in [0.05, 0.1) is 35.3 Å². The largest absolute Gasteiger partial charge is 0.440 e. The van der Waals surface area contributed by atoms with Gasteiger partial charge >= 0.3 is 0 Å². The highest BCUT2D eigenvalue weighted by Crippen LogP contribution is 2.31. The summed E-state index contributed by atoms with van der Waals surface area (Å²) in [5, 5.41) is 3.82. The first kappa shape index (κ1) is 25.1. The van der Waals surface area contributed by atoms with Crippen molar-refractivity contribution in [3.63, 3.8) is 0 Å². The second kappa shape index (κ2) is 10.1. The van der Waals surface area contributed by atoms with Gasteiger partial charge in [-0.05, 0) is 63.1 Å². The molecule has 1 saturated heterocycles. The fraction of sp³-hybridized carbons (Fsp3) is 0.333. The van der Waals surface area contributed by atoms with Gasteiger partial charge in [0.15, 0.2) is 11.3 Å². The van der Waals surface area contributed by atoms with Crippen LogP contribution in [0.3, 0.4) is 0 Å². The molecule has 2 aromatic carbocycles. The SMILES string of the molecule is CCc1cc(-c2ccnc(Nc3ccc4c(=O)cc(N5CCOCC5)oc4c3)n2)cc2c1nc(C)n2C(C)C. The molecule has 39 heavy (non-hydrogen) atoms. The van der Waals surface area contributed by atoms with Crippen molar-refractivity contribution in [3.05, 3.63) is 70.3 Å². The molecular weight excluding hydrogens is 492 g/mol. The topological polar surface area (TPSA) is 98.3 Å². The summed E-state index contributed by atoms with van der Waals surface area (Å²) in [6.07, 6.45) is 2.63. The van der Waals surface area contributed by atoms with E-state index in [1.54, 1.807) is 18.3 Å². The van der Waals surface area contributed by atoms with Gasteiger partial charge in [-0.1, -0.05) is 6.92 Å². The van der Waals surface area contributed by atoms with Crippen molar-refractivity contribution < 1.29 is 9.15 Å². The van der Waals surface area contributed by atoms with Crippen molar-refractivity contribution in [2.75, 3.05) is 36.5 Å². The van der Waals surface area contributed by atoms with Crippen molar-refractivity contribution in [2.45, 2.75) is 40.2 Å². The first-order valence-corrected chi connectivity index (χ1v) is 13.4. The van der Waals surface area contributed by atoms with E-state index in [0.717, 1.165) is 40.2 Å². The molecule has 200 valence electrons. The van der Waals surface area contributed by atoms with E-state index in [9.17, 15) is 4.79 Å². The van der Waals surface area contributed by atoms with Crippen molar-refractivity contribution in [3.8, 4) is 11.3 Å². The van der Waals surface area contributed by atoms with E-state index < -0.39 is 0 Å². The number of anilines is 3. The van der Waals surface area contributed by atoms with Crippen LogP contribution < -0.4 is 15.6 Å². The van der Waals surface area contributed by atoms with Crippen LogP contribution in [0.1, 0.15) is 38.2 Å². The first-order chi connectivity index (χ1) is 18.9. The normalized spacial score (nSPS) is 14.0. The molecule has 0 spiro atoms. The van der Waals surface area contributed by atoms with Crippen molar-refractivity contribution in [1.29, 1.82) is 0 Å². The fourth-order valence-electron chi connectivity index (χ4n) is 5.32. The number of benzene rings is 2. The lowest BCUT2D eigenvalue weighted by Gasteiger charge is -2.27. The van der Waals surface area contributed by atoms with E-state index in [1.165, 1.54) is 5.56 Å². The smallest absolute Gasteiger partial charge is 0.227 e. The molecule has 0 bridgehead atoms. The summed E-state index contributed by atoms with van der Waals surface area (Å²) in [6.45, 7) is 11.2. The second-order valence-electron chi connectivity index (χ2n) is 10.1. The van der Waals surface area contributed by atoms with Gasteiger partial charge in [0.1, 0.15) is 11.4 Å². The lowest BCUT2D eigenvalue weighted by molar-refractivity contribution is 0.121. The fourth-order valence-corrected chi connectivity index (χ4v) is 5.32. The van der Waals surface area contributed by atoms with Crippen LogP contribution in [0.5, 0.6) is 0 Å². The Bertz CT molecular complexity index is 1730. The zero-order valence-corrected chi connectivity index (χ0v) is 22.7. The zero-order valence-electron chi connectivity index (χ0n) is 22.7. The van der Waals surface area contributed by atoms with Gasteiger partial charge in [0.25, 0.3) is 0 Å². The monoisotopic (exact) mass is 524 g/mol. The van der Waals surface area contributed by atoms with Gasteiger partial charge in [-0.2, -0.15) is 0 Å². The minimum absolute atomic E-state index is 0.0689. The van der Waals surface area contributed by atoms with Gasteiger partial charge in [-0.25, -0.2) is 15.0 Å². The number of hydrogen-bond donors (Lipinski definition) is 1. The number of rotatable bonds is 6. The van der Waals surface area contributed by atoms with Crippen LogP contribution in [0.25, 0.3) is 33.3 Å². The Hall–Kier alpha value is -4.24. The van der Waals surface area contributed by atoms with Crippen LogP contribution in [0, 0.1) is 6.92 Å². The minimum Gasteiger partial charge on any atom is -0.440 e. The molecule has 6 rings (SSSR count). The molecule has 4 heterocycles. The number of hydrogen-bond acceptors (Lipinski definition) is 8. The molecule has 9 nitrogen and oxygen atoms in total. The van der Waals surface area contributed by atoms with Gasteiger partial charge < -0.3 is 23.9 Å². The molecule has 1 fully saturated rings. The lowest BCUT2D eigenvalue weighted by Crippen LogP contribution is -2.36. The summed E-state index contributed by atoms with van der Waals surface area (Å²) >= 11 is 0. The summed E-state index contributed by atoms with van der Waals surface area (Å²) in [5.41, 5.74) is 6.38. The summed E-state index contributed by atoms with van der Waals surface area (Å²) < 4.78 is 13.8. The molecule has 0 amide bonds. The first-order valence-electron chi connectivity index (χ1n) is 13.4. The predicted octanol–water partition coefficient (Wildman–Crippen LogP) is 5.63. The van der Waals surface area contributed by atoms with Crippen molar-refractivity contribution in [1.82, 2.24) is 19.5 Å². The number of aromatic nitrogens is 4. The predicted molar refractivity (Wildman–Crippen MR) is 154 cm³/mol. The van der Waals surface area contributed by atoms with Crippen LogP contribution in [0.2, 0.25) is 0 Å². The Labute approximate surface area is 226 Å². The van der Waals surface area contributed by atoms with Crippen LogP contribution in [-0.4, -0.2) is 45.8 Å². The van der Waals surface area contributed by atoms with Crippen molar-refractivity contribution in [2.24, 2.45) is 0 Å². The molecule has 1 aliphatic heterocycles. The van der Waals surface area contributed by atoms with Crippen LogP contribution in [0.4, 0.5) is 17.5 Å². The number of morpholine rings is 1. The van der Waals surface area contributed by atoms with Gasteiger partial charge in [0, 0.05) is 48.7 Å². The molecule has 3 aromatic heterocycles. The van der Waals surface area contributed by atoms with Crippen LogP contribution in [-0.2, 0) is 11.2 Å². The quantitative estimate of drug-likeness (QED) is 0.305. The van der Waals surface area contributed by atoms with E-state index >= 15 is 0 Å². The maximum absolute atomic E-state index is 12.8. The number of nitrogens with one attached hydrogen (secondary N) is 1. The molecule has 0 atom stereocenters. The van der Waals surface area contributed by atoms with Gasteiger partial charge in [-0.3, -0.25) is 4.79 Å². The second-order valence-corrected chi connectivity index (χ2v) is 10.1. The third-order valence-electron chi connectivity index (χ3n) is 7.19. The van der Waals surface area contributed by atoms with Crippen LogP contribution in [0.15, 0.2) is 57.9 Å². The van der Waals surface area contributed by atoms with E-state index in [4.69, 9.17) is 19.1 Å². The number of nitrogens with zero attached hydrogens (tertiary/aromatic N) is 5. The molecule has 9 heteroatoms. The maximum atomic E-state index is 12.8. The van der Waals surface area contributed by atoms with E-state index in [1.807, 2.05) is 23.1 Å². The minimum atomic E-state index is -0.0689. The summed E-state index contributed by atoms with van der Waals surface area (Å²) in [5.74, 6) is 2.03. The van der Waals surface area contributed by atoms with E-state index in [2.05, 4.69) is 54.7 Å². The summed E-state index contributed by atoms with van der Waals surface area (Å²) in [7, 11) is 0. The highest BCUT2D eigenvalue weighted by atomic mass is 16.5. The third kappa shape index (κ3) is 4.74. The molecule has 0 aliphatic carbocycles. The highest BCUT2D eigenvalue weighted by molar-refractivity contribution is 5.86. The average molecular weight is 525 g/mol. The van der Waals surface area contributed by atoms with Gasteiger partial charge in [-0.15, -0.1) is 0 Å². The average Bonchev–Trinajstić information content (AvgIpc) is 3.29. The Morgan fingerprint density at radius 1 is 1.05 bits per heavy atom. The Morgan fingerprint density at radius 3 is 2.64 bits per heavy atom. The Balaban J connectivity index is 1.34. The molecule has 0 unspecified atom stereocenters. The molecule has 1 aliphatic rings. The lowest BCUT2D eigenvalue weighted by atomic mass is 10.0. The maximum Gasteiger partial charge on any atom is 0.227 e. The molecule has 0 saturated carbocycles. The molecular formula is C30H32N6O3. The van der Waals surface area contributed by atoms with Gasteiger partial charge in [0.2, 0.25) is 5.95 Å². The summed E-state index contributed by atoms with van der Waals surface area (Å²) in [4.78, 5) is 28.9. The van der Waals surface area contributed by atoms with Crippen molar-refractivity contribution >= 4 is 39.5 Å². The third-order valence-corrected chi connectivity index (χ3v) is 7.19. The van der Waals surface area contributed by atoms with E-state index in [-0.39, 0.29) is 5.43 Å². The molecule has 5 aromatic rings. The Morgan fingerprint density at radius 2 is 1.87 bits per heavy atom. The van der Waals surface area contributed by atoms with E-state index in [0.29, 0.717) is 55.1 Å². The number of ether oxygens (including phenoxy) is 1. The summed E-state index contributed by atoms with van der Waals surface area (Å²) in [6, 6.07) is 13.5. The van der Waals surface area contributed by atoms with Crippen LogP contribution >= 0.6 is 0 Å².